The van der Waals surface area contributed by atoms with E-state index in [1.165, 1.54) is 0 Å². The van der Waals surface area contributed by atoms with Crippen LogP contribution in [-0.4, -0.2) is 20.9 Å². The van der Waals surface area contributed by atoms with Crippen molar-refractivity contribution in [3.05, 3.63) is 52.3 Å². The van der Waals surface area contributed by atoms with Crippen LogP contribution in [0.15, 0.2) is 41.0 Å². The molecule has 2 atom stereocenters. The van der Waals surface area contributed by atoms with Crippen LogP contribution in [0, 0.1) is 0 Å². The minimum atomic E-state index is -0.527. The average molecular weight is 338 g/mol. The highest BCUT2D eigenvalue weighted by atomic mass is 79.9. The molecule has 0 radical (unpaired) electrons. The third-order valence-corrected chi connectivity index (χ3v) is 3.92. The summed E-state index contributed by atoms with van der Waals surface area (Å²) in [5.74, 6) is 0. The molecule has 108 valence electrons. The van der Waals surface area contributed by atoms with E-state index < -0.39 is 6.10 Å². The number of nitrogens with zero attached hydrogens (tertiary/aromatic N) is 2. The van der Waals surface area contributed by atoms with Gasteiger partial charge in [0.2, 0.25) is 0 Å². The second kappa shape index (κ2) is 7.02. The van der Waals surface area contributed by atoms with Crippen molar-refractivity contribution in [1.29, 1.82) is 0 Å². The Morgan fingerprint density at radius 2 is 2.00 bits per heavy atom. The predicted molar refractivity (Wildman–Crippen MR) is 83.3 cm³/mol. The fourth-order valence-corrected chi connectivity index (χ4v) is 2.39. The molecule has 20 heavy (non-hydrogen) atoms. The lowest BCUT2D eigenvalue weighted by molar-refractivity contribution is 0.135. The van der Waals surface area contributed by atoms with Gasteiger partial charge >= 0.3 is 0 Å². The lowest BCUT2D eigenvalue weighted by Gasteiger charge is -2.21. The van der Waals surface area contributed by atoms with E-state index in [9.17, 15) is 5.11 Å². The summed E-state index contributed by atoms with van der Waals surface area (Å²) < 4.78 is 2.96. The summed E-state index contributed by atoms with van der Waals surface area (Å²) in [5, 5.41) is 17.9. The van der Waals surface area contributed by atoms with Crippen molar-refractivity contribution in [2.24, 2.45) is 0 Å². The molecule has 1 aromatic heterocycles. The molecular weight excluding hydrogens is 318 g/mol. The zero-order valence-electron chi connectivity index (χ0n) is 11.8. The SMILES string of the molecule is CCn1nccc1CNC(C)C(O)c1ccc(Br)cc1. The van der Waals surface area contributed by atoms with Crippen molar-refractivity contribution in [3.8, 4) is 0 Å². The molecule has 2 rings (SSSR count). The number of aromatic nitrogens is 2. The zero-order valence-corrected chi connectivity index (χ0v) is 13.3. The molecule has 0 aliphatic carbocycles. The van der Waals surface area contributed by atoms with Gasteiger partial charge in [-0.2, -0.15) is 5.10 Å². The maximum absolute atomic E-state index is 10.3. The Bertz CT molecular complexity index is 538. The second-order valence-electron chi connectivity index (χ2n) is 4.80. The number of hydrogen-bond acceptors (Lipinski definition) is 3. The molecule has 5 heteroatoms. The first-order chi connectivity index (χ1) is 9.61. The van der Waals surface area contributed by atoms with Crippen molar-refractivity contribution >= 4 is 15.9 Å². The smallest absolute Gasteiger partial charge is 0.0940 e. The number of benzene rings is 1. The van der Waals surface area contributed by atoms with E-state index in [2.05, 4.69) is 33.3 Å². The minimum Gasteiger partial charge on any atom is -0.387 e. The van der Waals surface area contributed by atoms with E-state index in [0.29, 0.717) is 6.54 Å². The van der Waals surface area contributed by atoms with Crippen LogP contribution in [0.25, 0.3) is 0 Å². The van der Waals surface area contributed by atoms with E-state index in [0.717, 1.165) is 22.3 Å². The molecule has 2 unspecified atom stereocenters. The van der Waals surface area contributed by atoms with Crippen LogP contribution in [0.3, 0.4) is 0 Å². The monoisotopic (exact) mass is 337 g/mol. The molecule has 0 bridgehead atoms. The Labute approximate surface area is 127 Å². The van der Waals surface area contributed by atoms with Crippen LogP contribution < -0.4 is 5.32 Å². The number of hydrogen-bond donors (Lipinski definition) is 2. The fourth-order valence-electron chi connectivity index (χ4n) is 2.12. The highest BCUT2D eigenvalue weighted by Gasteiger charge is 2.16. The van der Waals surface area contributed by atoms with Crippen molar-refractivity contribution < 1.29 is 5.11 Å². The molecule has 0 saturated heterocycles. The van der Waals surface area contributed by atoms with Gasteiger partial charge in [-0.05, 0) is 37.6 Å². The van der Waals surface area contributed by atoms with Crippen molar-refractivity contribution in [3.63, 3.8) is 0 Å². The van der Waals surface area contributed by atoms with Gasteiger partial charge in [0.1, 0.15) is 0 Å². The predicted octanol–water partition coefficient (Wildman–Crippen LogP) is 2.88. The van der Waals surface area contributed by atoms with Crippen LogP contribution in [0.4, 0.5) is 0 Å². The summed E-state index contributed by atoms with van der Waals surface area (Å²) in [4.78, 5) is 0. The maximum Gasteiger partial charge on any atom is 0.0940 e. The molecule has 1 heterocycles. The molecule has 0 spiro atoms. The molecule has 0 aliphatic heterocycles. The maximum atomic E-state index is 10.3. The van der Waals surface area contributed by atoms with Gasteiger partial charge in [-0.1, -0.05) is 28.1 Å². The lowest BCUT2D eigenvalue weighted by atomic mass is 10.0. The van der Waals surface area contributed by atoms with Gasteiger partial charge < -0.3 is 10.4 Å². The number of nitrogens with one attached hydrogen (secondary N) is 1. The van der Waals surface area contributed by atoms with Crippen LogP contribution in [-0.2, 0) is 13.1 Å². The molecule has 0 saturated carbocycles. The van der Waals surface area contributed by atoms with E-state index >= 15 is 0 Å². The van der Waals surface area contributed by atoms with Gasteiger partial charge in [0, 0.05) is 29.8 Å². The first-order valence-electron chi connectivity index (χ1n) is 6.79. The second-order valence-corrected chi connectivity index (χ2v) is 5.72. The molecule has 0 amide bonds. The van der Waals surface area contributed by atoms with Crippen molar-refractivity contribution in [2.45, 2.75) is 39.1 Å². The van der Waals surface area contributed by atoms with Crippen LogP contribution >= 0.6 is 15.9 Å². The third kappa shape index (κ3) is 3.69. The van der Waals surface area contributed by atoms with Crippen molar-refractivity contribution in [1.82, 2.24) is 15.1 Å². The summed E-state index contributed by atoms with van der Waals surface area (Å²) in [6.07, 6.45) is 1.28. The minimum absolute atomic E-state index is 0.0311. The largest absolute Gasteiger partial charge is 0.387 e. The van der Waals surface area contributed by atoms with Crippen molar-refractivity contribution in [2.75, 3.05) is 0 Å². The number of aliphatic hydroxyl groups is 1. The Morgan fingerprint density at radius 3 is 2.65 bits per heavy atom. The Hall–Kier alpha value is -1.17. The Morgan fingerprint density at radius 1 is 1.30 bits per heavy atom. The van der Waals surface area contributed by atoms with Crippen LogP contribution in [0.1, 0.15) is 31.2 Å². The summed E-state index contributed by atoms with van der Waals surface area (Å²) in [6, 6.07) is 9.72. The van der Waals surface area contributed by atoms with E-state index in [4.69, 9.17) is 0 Å². The number of aliphatic hydroxyl groups excluding tert-OH is 1. The molecule has 2 aromatic rings. The van der Waals surface area contributed by atoms with Gasteiger partial charge in [-0.15, -0.1) is 0 Å². The van der Waals surface area contributed by atoms with Gasteiger partial charge in [-0.25, -0.2) is 0 Å². The van der Waals surface area contributed by atoms with Gasteiger partial charge in [-0.3, -0.25) is 4.68 Å². The number of aryl methyl sites for hydroxylation is 1. The molecule has 1 aromatic carbocycles. The molecule has 0 fully saturated rings. The van der Waals surface area contributed by atoms with Gasteiger partial charge in [0.25, 0.3) is 0 Å². The lowest BCUT2D eigenvalue weighted by Crippen LogP contribution is -2.32. The van der Waals surface area contributed by atoms with Gasteiger partial charge in [0.15, 0.2) is 0 Å². The molecule has 4 nitrogen and oxygen atoms in total. The summed E-state index contributed by atoms with van der Waals surface area (Å²) in [7, 11) is 0. The highest BCUT2D eigenvalue weighted by molar-refractivity contribution is 9.10. The number of halogens is 1. The topological polar surface area (TPSA) is 50.1 Å². The summed E-state index contributed by atoms with van der Waals surface area (Å²) in [5.41, 5.74) is 2.04. The zero-order chi connectivity index (χ0) is 14.5. The first kappa shape index (κ1) is 15.2. The van der Waals surface area contributed by atoms with E-state index in [1.54, 1.807) is 6.20 Å². The normalized spacial score (nSPS) is 14.2. The summed E-state index contributed by atoms with van der Waals surface area (Å²) in [6.45, 7) is 5.60. The van der Waals surface area contributed by atoms with Crippen LogP contribution in [0.5, 0.6) is 0 Å². The quantitative estimate of drug-likeness (QED) is 0.852. The molecule has 2 N–H and O–H groups in total. The Kier molecular flexibility index (Phi) is 5.34. The standard InChI is InChI=1S/C15H20BrN3O/c1-3-19-14(8-9-18-19)10-17-11(2)15(20)12-4-6-13(16)7-5-12/h4-9,11,15,17,20H,3,10H2,1-2H3. The fraction of sp³-hybridized carbons (Fsp3) is 0.400. The average Bonchev–Trinajstić information content (AvgIpc) is 2.92. The third-order valence-electron chi connectivity index (χ3n) is 3.39. The molecular formula is C15H20BrN3O. The Balaban J connectivity index is 1.94. The van der Waals surface area contributed by atoms with Crippen LogP contribution in [0.2, 0.25) is 0 Å². The summed E-state index contributed by atoms with van der Waals surface area (Å²) >= 11 is 3.40. The highest BCUT2D eigenvalue weighted by Crippen LogP contribution is 2.19. The van der Waals surface area contributed by atoms with E-state index in [-0.39, 0.29) is 6.04 Å². The molecule has 0 aliphatic rings. The number of rotatable bonds is 6. The van der Waals surface area contributed by atoms with E-state index in [1.807, 2.05) is 41.9 Å². The first-order valence-corrected chi connectivity index (χ1v) is 7.58. The van der Waals surface area contributed by atoms with Gasteiger partial charge in [0.05, 0.1) is 11.8 Å².